The van der Waals surface area contributed by atoms with Crippen LogP contribution in [0.3, 0.4) is 0 Å². The molecular formula is C16H24N2O2. The molecule has 2 atom stereocenters. The lowest BCUT2D eigenvalue weighted by molar-refractivity contribution is -0.128. The number of likely N-dealkylation sites (tertiary alicyclic amines) is 1. The Hall–Kier alpha value is -1.55. The van der Waals surface area contributed by atoms with Crippen LogP contribution < -0.4 is 10.5 Å². The molecule has 2 rings (SSSR count). The van der Waals surface area contributed by atoms with Gasteiger partial charge in [-0.2, -0.15) is 0 Å². The van der Waals surface area contributed by atoms with E-state index in [2.05, 4.69) is 13.8 Å². The third-order valence-electron chi connectivity index (χ3n) is 4.14. The maximum absolute atomic E-state index is 12.0. The van der Waals surface area contributed by atoms with Crippen molar-refractivity contribution in [2.45, 2.75) is 26.3 Å². The van der Waals surface area contributed by atoms with E-state index in [9.17, 15) is 4.79 Å². The minimum atomic E-state index is -0.207. The minimum Gasteiger partial charge on any atom is -0.496 e. The standard InChI is InChI=1S/C16H24N2O2/c1-11(2)12-8-16(19)18(9-12)10-14(17)13-6-4-5-7-15(13)20-3/h4-7,11-12,14H,8-10,17H2,1-3H3. The molecule has 0 saturated carbocycles. The first-order valence-electron chi connectivity index (χ1n) is 7.19. The summed E-state index contributed by atoms with van der Waals surface area (Å²) in [5.74, 6) is 1.99. The summed E-state index contributed by atoms with van der Waals surface area (Å²) in [6.45, 7) is 5.71. The van der Waals surface area contributed by atoms with Gasteiger partial charge >= 0.3 is 0 Å². The van der Waals surface area contributed by atoms with Gasteiger partial charge in [-0.05, 0) is 17.9 Å². The maximum atomic E-state index is 12.0. The van der Waals surface area contributed by atoms with Crippen molar-refractivity contribution in [3.05, 3.63) is 29.8 Å². The second kappa shape index (κ2) is 6.27. The van der Waals surface area contributed by atoms with Crippen LogP contribution in [0.25, 0.3) is 0 Å². The Morgan fingerprint density at radius 1 is 1.40 bits per heavy atom. The van der Waals surface area contributed by atoms with E-state index in [1.807, 2.05) is 29.2 Å². The third kappa shape index (κ3) is 3.12. The van der Waals surface area contributed by atoms with E-state index in [1.54, 1.807) is 7.11 Å². The molecule has 20 heavy (non-hydrogen) atoms. The predicted molar refractivity (Wildman–Crippen MR) is 79.4 cm³/mol. The van der Waals surface area contributed by atoms with Crippen molar-refractivity contribution in [1.29, 1.82) is 0 Å². The van der Waals surface area contributed by atoms with E-state index in [0.717, 1.165) is 17.9 Å². The lowest BCUT2D eigenvalue weighted by Crippen LogP contribution is -2.33. The van der Waals surface area contributed by atoms with E-state index in [-0.39, 0.29) is 11.9 Å². The molecule has 1 saturated heterocycles. The van der Waals surface area contributed by atoms with Gasteiger partial charge in [-0.3, -0.25) is 4.79 Å². The molecule has 110 valence electrons. The fourth-order valence-corrected chi connectivity index (χ4v) is 2.73. The molecule has 1 aliphatic rings. The Balaban J connectivity index is 2.05. The fourth-order valence-electron chi connectivity index (χ4n) is 2.73. The maximum Gasteiger partial charge on any atom is 0.222 e. The Morgan fingerprint density at radius 2 is 2.10 bits per heavy atom. The van der Waals surface area contributed by atoms with E-state index >= 15 is 0 Å². The largest absolute Gasteiger partial charge is 0.496 e. The average molecular weight is 276 g/mol. The molecule has 1 aromatic rings. The number of hydrogen-bond acceptors (Lipinski definition) is 3. The van der Waals surface area contributed by atoms with E-state index in [1.165, 1.54) is 0 Å². The van der Waals surface area contributed by atoms with Crippen molar-refractivity contribution in [1.82, 2.24) is 4.90 Å². The van der Waals surface area contributed by atoms with Crippen molar-refractivity contribution < 1.29 is 9.53 Å². The number of methoxy groups -OCH3 is 1. The highest BCUT2D eigenvalue weighted by atomic mass is 16.5. The van der Waals surface area contributed by atoms with Crippen molar-refractivity contribution in [3.63, 3.8) is 0 Å². The van der Waals surface area contributed by atoms with Crippen LogP contribution in [0.5, 0.6) is 5.75 Å². The average Bonchev–Trinajstić information content (AvgIpc) is 2.80. The van der Waals surface area contributed by atoms with Gasteiger partial charge in [0.05, 0.1) is 13.2 Å². The summed E-state index contributed by atoms with van der Waals surface area (Å²) < 4.78 is 5.33. The molecule has 1 aromatic carbocycles. The molecule has 0 spiro atoms. The summed E-state index contributed by atoms with van der Waals surface area (Å²) in [4.78, 5) is 13.9. The number of carbonyl (C=O) groups is 1. The first-order valence-corrected chi connectivity index (χ1v) is 7.19. The molecule has 4 nitrogen and oxygen atoms in total. The van der Waals surface area contributed by atoms with Gasteiger partial charge in [0.25, 0.3) is 0 Å². The molecule has 2 unspecified atom stereocenters. The zero-order chi connectivity index (χ0) is 14.7. The second-order valence-corrected chi connectivity index (χ2v) is 5.86. The number of rotatable bonds is 5. The second-order valence-electron chi connectivity index (χ2n) is 5.86. The van der Waals surface area contributed by atoms with Crippen LogP contribution >= 0.6 is 0 Å². The summed E-state index contributed by atoms with van der Waals surface area (Å²) >= 11 is 0. The highest BCUT2D eigenvalue weighted by Crippen LogP contribution is 2.28. The van der Waals surface area contributed by atoms with Crippen LogP contribution in [-0.2, 0) is 4.79 Å². The molecule has 0 aliphatic carbocycles. The van der Waals surface area contributed by atoms with Crippen LogP contribution in [0.15, 0.2) is 24.3 Å². The first-order chi connectivity index (χ1) is 9.52. The molecule has 1 amide bonds. The zero-order valence-electron chi connectivity index (χ0n) is 12.5. The molecule has 2 N–H and O–H groups in total. The Kier molecular flexibility index (Phi) is 4.65. The lowest BCUT2D eigenvalue weighted by Gasteiger charge is -2.23. The number of benzene rings is 1. The monoisotopic (exact) mass is 276 g/mol. The van der Waals surface area contributed by atoms with Gasteiger partial charge in [0.2, 0.25) is 5.91 Å². The van der Waals surface area contributed by atoms with Crippen molar-refractivity contribution in [2.75, 3.05) is 20.2 Å². The zero-order valence-corrected chi connectivity index (χ0v) is 12.5. The van der Waals surface area contributed by atoms with Gasteiger partial charge in [-0.25, -0.2) is 0 Å². The molecule has 4 heteroatoms. The number of amides is 1. The summed E-state index contributed by atoms with van der Waals surface area (Å²) in [6, 6.07) is 7.52. The molecule has 1 fully saturated rings. The predicted octanol–water partition coefficient (Wildman–Crippen LogP) is 2.20. The quantitative estimate of drug-likeness (QED) is 0.897. The van der Waals surface area contributed by atoms with Gasteiger partial charge in [-0.15, -0.1) is 0 Å². The van der Waals surface area contributed by atoms with Gasteiger partial charge in [0.1, 0.15) is 5.75 Å². The third-order valence-corrected chi connectivity index (χ3v) is 4.14. The number of nitrogens with two attached hydrogens (primary N) is 1. The summed E-state index contributed by atoms with van der Waals surface area (Å²) in [6.07, 6.45) is 0.649. The topological polar surface area (TPSA) is 55.6 Å². The number of ether oxygens (including phenoxy) is 1. The number of hydrogen-bond donors (Lipinski definition) is 1. The Labute approximate surface area is 120 Å². The molecule has 0 bridgehead atoms. The number of carbonyl (C=O) groups excluding carboxylic acids is 1. The van der Waals surface area contributed by atoms with Gasteiger partial charge in [0, 0.05) is 25.1 Å². The summed E-state index contributed by atoms with van der Waals surface area (Å²) in [5.41, 5.74) is 7.22. The number of nitrogens with zero attached hydrogens (tertiary/aromatic N) is 1. The Bertz CT molecular complexity index is 473. The number of para-hydroxylation sites is 1. The van der Waals surface area contributed by atoms with Crippen molar-refractivity contribution in [3.8, 4) is 5.75 Å². The summed E-state index contributed by atoms with van der Waals surface area (Å²) in [5, 5.41) is 0. The van der Waals surface area contributed by atoms with Crippen LogP contribution in [0.1, 0.15) is 31.9 Å². The smallest absolute Gasteiger partial charge is 0.222 e. The molecule has 1 heterocycles. The van der Waals surface area contributed by atoms with Crippen LogP contribution in [0.4, 0.5) is 0 Å². The highest BCUT2D eigenvalue weighted by molar-refractivity contribution is 5.78. The van der Waals surface area contributed by atoms with Crippen LogP contribution in [0, 0.1) is 11.8 Å². The van der Waals surface area contributed by atoms with Crippen LogP contribution in [0.2, 0.25) is 0 Å². The Morgan fingerprint density at radius 3 is 2.70 bits per heavy atom. The van der Waals surface area contributed by atoms with Crippen molar-refractivity contribution in [2.24, 2.45) is 17.6 Å². The fraction of sp³-hybridized carbons (Fsp3) is 0.562. The molecular weight excluding hydrogens is 252 g/mol. The lowest BCUT2D eigenvalue weighted by atomic mass is 9.95. The highest BCUT2D eigenvalue weighted by Gasteiger charge is 2.32. The van der Waals surface area contributed by atoms with Crippen LogP contribution in [-0.4, -0.2) is 31.0 Å². The first kappa shape index (κ1) is 14.9. The van der Waals surface area contributed by atoms with E-state index in [0.29, 0.717) is 24.8 Å². The minimum absolute atomic E-state index is 0.207. The normalized spacial score (nSPS) is 20.6. The molecule has 0 aromatic heterocycles. The summed E-state index contributed by atoms with van der Waals surface area (Å²) in [7, 11) is 1.64. The molecule has 0 radical (unpaired) electrons. The SMILES string of the molecule is COc1ccccc1C(N)CN1CC(C(C)C)CC1=O. The van der Waals surface area contributed by atoms with Gasteiger partial charge < -0.3 is 15.4 Å². The van der Waals surface area contributed by atoms with E-state index < -0.39 is 0 Å². The molecule has 1 aliphatic heterocycles. The van der Waals surface area contributed by atoms with E-state index in [4.69, 9.17) is 10.5 Å². The van der Waals surface area contributed by atoms with Gasteiger partial charge in [0.15, 0.2) is 0 Å². The van der Waals surface area contributed by atoms with Crippen molar-refractivity contribution >= 4 is 5.91 Å². The van der Waals surface area contributed by atoms with Gasteiger partial charge in [-0.1, -0.05) is 32.0 Å².